The topological polar surface area (TPSA) is 94.5 Å². The minimum Gasteiger partial charge on any atom is -0.464 e. The van der Waals surface area contributed by atoms with Crippen LogP contribution in [0.15, 0.2) is 42.6 Å². The highest BCUT2D eigenvalue weighted by atomic mass is 16.5. The largest absolute Gasteiger partial charge is 0.464 e. The average Bonchev–Trinajstić information content (AvgIpc) is 3.55. The number of carbonyl (C=O) groups is 2. The maximum absolute atomic E-state index is 13.1. The first-order chi connectivity index (χ1) is 17.6. The van der Waals surface area contributed by atoms with Crippen molar-refractivity contribution in [2.24, 2.45) is 0 Å². The lowest BCUT2D eigenvalue weighted by Crippen LogP contribution is -2.28. The predicted molar refractivity (Wildman–Crippen MR) is 139 cm³/mol. The molecule has 0 bridgehead atoms. The maximum atomic E-state index is 13.1. The van der Waals surface area contributed by atoms with Crippen LogP contribution in [0.3, 0.4) is 0 Å². The van der Waals surface area contributed by atoms with Crippen LogP contribution in [0, 0.1) is 0 Å². The summed E-state index contributed by atoms with van der Waals surface area (Å²) >= 11 is 0. The molecule has 36 heavy (non-hydrogen) atoms. The molecule has 1 aliphatic carbocycles. The van der Waals surface area contributed by atoms with Crippen molar-refractivity contribution in [1.82, 2.24) is 9.55 Å². The highest BCUT2D eigenvalue weighted by molar-refractivity contribution is 6.12. The van der Waals surface area contributed by atoms with Crippen molar-refractivity contribution in [2.45, 2.75) is 70.1 Å². The summed E-state index contributed by atoms with van der Waals surface area (Å²) in [5.74, 6) is -0.754. The fourth-order valence-corrected chi connectivity index (χ4v) is 5.31. The summed E-state index contributed by atoms with van der Waals surface area (Å²) in [4.78, 5) is 30.9. The molecule has 0 spiro atoms. The van der Waals surface area contributed by atoms with Crippen LogP contribution >= 0.6 is 0 Å². The Hall–Kier alpha value is -3.39. The molecule has 0 radical (unpaired) electrons. The molecular formula is C28H34N4O4. The van der Waals surface area contributed by atoms with Crippen molar-refractivity contribution in [3.63, 3.8) is 0 Å². The molecule has 2 aliphatic rings. The number of amides is 1. The molecule has 0 unspecified atom stereocenters. The van der Waals surface area contributed by atoms with E-state index in [0.29, 0.717) is 49.1 Å². The Morgan fingerprint density at radius 3 is 2.64 bits per heavy atom. The lowest BCUT2D eigenvalue weighted by molar-refractivity contribution is -0.124. The molecule has 8 nitrogen and oxygen atoms in total. The molecule has 1 atom stereocenters. The van der Waals surface area contributed by atoms with Crippen LogP contribution in [0.4, 0.5) is 11.4 Å². The number of aryl methyl sites for hydroxylation is 2. The van der Waals surface area contributed by atoms with Crippen LogP contribution in [0.2, 0.25) is 0 Å². The first-order valence-corrected chi connectivity index (χ1v) is 13.0. The number of hydrogen-bond acceptors (Lipinski definition) is 6. The summed E-state index contributed by atoms with van der Waals surface area (Å²) in [5.41, 5.74) is 3.42. The van der Waals surface area contributed by atoms with Crippen LogP contribution in [0.1, 0.15) is 61.0 Å². The summed E-state index contributed by atoms with van der Waals surface area (Å²) in [5, 5.41) is 7.34. The van der Waals surface area contributed by atoms with Crippen molar-refractivity contribution >= 4 is 34.3 Å². The monoisotopic (exact) mass is 490 g/mol. The quantitative estimate of drug-likeness (QED) is 0.435. The number of pyridine rings is 1. The number of anilines is 2. The fourth-order valence-electron chi connectivity index (χ4n) is 5.31. The summed E-state index contributed by atoms with van der Waals surface area (Å²) in [6.07, 6.45) is 9.50. The molecule has 3 heterocycles. The van der Waals surface area contributed by atoms with Gasteiger partial charge < -0.3 is 24.7 Å². The third-order valence-electron chi connectivity index (χ3n) is 7.19. The molecule has 2 N–H and O–H groups in total. The third kappa shape index (κ3) is 5.23. The summed E-state index contributed by atoms with van der Waals surface area (Å²) in [6.45, 7) is 1.08. The van der Waals surface area contributed by atoms with E-state index < -0.39 is 12.1 Å². The fraction of sp³-hybridized carbons (Fsp3) is 0.464. The van der Waals surface area contributed by atoms with E-state index in [9.17, 15) is 9.59 Å². The highest BCUT2D eigenvalue weighted by Crippen LogP contribution is 2.34. The number of ether oxygens (including phenoxy) is 2. The van der Waals surface area contributed by atoms with Crippen LogP contribution < -0.4 is 10.6 Å². The number of esters is 1. The summed E-state index contributed by atoms with van der Waals surface area (Å²) in [7, 11) is 1.36. The zero-order chi connectivity index (χ0) is 24.9. The highest BCUT2D eigenvalue weighted by Gasteiger charge is 2.30. The number of rotatable bonds is 8. The van der Waals surface area contributed by atoms with Gasteiger partial charge in [-0.15, -0.1) is 0 Å². The number of hydrogen-bond donors (Lipinski definition) is 2. The van der Waals surface area contributed by atoms with Gasteiger partial charge in [0.15, 0.2) is 5.69 Å². The van der Waals surface area contributed by atoms with Crippen molar-refractivity contribution in [2.75, 3.05) is 24.4 Å². The molecule has 1 aromatic carbocycles. The maximum Gasteiger partial charge on any atom is 0.356 e. The minimum atomic E-state index is -0.519. The molecule has 2 aromatic heterocycles. The van der Waals surface area contributed by atoms with E-state index in [1.807, 2.05) is 35.0 Å². The Bertz CT molecular complexity index is 1210. The van der Waals surface area contributed by atoms with E-state index in [0.717, 1.165) is 35.9 Å². The molecular weight excluding hydrogens is 456 g/mol. The van der Waals surface area contributed by atoms with Gasteiger partial charge in [-0.1, -0.05) is 49.6 Å². The molecule has 1 saturated carbocycles. The number of carbonyl (C=O) groups excluding carboxylic acids is 2. The Balaban J connectivity index is 1.55. The Morgan fingerprint density at radius 2 is 1.92 bits per heavy atom. The van der Waals surface area contributed by atoms with Crippen molar-refractivity contribution in [3.05, 3.63) is 53.9 Å². The van der Waals surface area contributed by atoms with Gasteiger partial charge in [0, 0.05) is 24.6 Å². The number of aromatic nitrogens is 2. The minimum absolute atomic E-state index is 0.245. The number of benzene rings is 1. The molecule has 8 heteroatoms. The SMILES string of the molecule is COC(=O)c1c(NC(=O)[C@H]2CCCO2)c2cc(NC3CCCCC3)cnc2n1CCc1ccccc1. The van der Waals surface area contributed by atoms with Crippen LogP contribution in [0.5, 0.6) is 0 Å². The number of fused-ring (bicyclic) bond motifs is 1. The van der Waals surface area contributed by atoms with E-state index in [2.05, 4.69) is 22.8 Å². The van der Waals surface area contributed by atoms with Gasteiger partial charge in [-0.25, -0.2) is 9.78 Å². The number of methoxy groups -OCH3 is 1. The van der Waals surface area contributed by atoms with Gasteiger partial charge in [0.1, 0.15) is 11.8 Å². The Labute approximate surface area is 211 Å². The molecule has 190 valence electrons. The third-order valence-corrected chi connectivity index (χ3v) is 7.19. The second-order valence-electron chi connectivity index (χ2n) is 9.67. The molecule has 1 aliphatic heterocycles. The van der Waals surface area contributed by atoms with Gasteiger partial charge in [-0.2, -0.15) is 0 Å². The molecule has 2 fully saturated rings. The van der Waals surface area contributed by atoms with Gasteiger partial charge in [-0.3, -0.25) is 4.79 Å². The van der Waals surface area contributed by atoms with Gasteiger partial charge in [0.25, 0.3) is 5.91 Å². The first kappa shape index (κ1) is 24.3. The van der Waals surface area contributed by atoms with Gasteiger partial charge in [-0.05, 0) is 43.7 Å². The van der Waals surface area contributed by atoms with Crippen LogP contribution in [0.25, 0.3) is 11.0 Å². The van der Waals surface area contributed by atoms with E-state index in [1.54, 1.807) is 0 Å². The lowest BCUT2D eigenvalue weighted by atomic mass is 9.95. The van der Waals surface area contributed by atoms with E-state index in [-0.39, 0.29) is 5.91 Å². The smallest absolute Gasteiger partial charge is 0.356 e. The first-order valence-electron chi connectivity index (χ1n) is 13.0. The van der Waals surface area contributed by atoms with E-state index in [1.165, 1.54) is 26.4 Å². The molecule has 1 amide bonds. The lowest BCUT2D eigenvalue weighted by Gasteiger charge is -2.23. The predicted octanol–water partition coefficient (Wildman–Crippen LogP) is 4.93. The zero-order valence-electron chi connectivity index (χ0n) is 20.8. The molecule has 3 aromatic rings. The molecule has 5 rings (SSSR count). The zero-order valence-corrected chi connectivity index (χ0v) is 20.8. The number of nitrogens with zero attached hydrogens (tertiary/aromatic N) is 2. The van der Waals surface area contributed by atoms with Crippen LogP contribution in [-0.4, -0.2) is 47.3 Å². The van der Waals surface area contributed by atoms with Crippen molar-refractivity contribution in [1.29, 1.82) is 0 Å². The van der Waals surface area contributed by atoms with E-state index in [4.69, 9.17) is 14.5 Å². The van der Waals surface area contributed by atoms with Gasteiger partial charge in [0.05, 0.1) is 24.7 Å². The van der Waals surface area contributed by atoms with Gasteiger partial charge in [0.2, 0.25) is 0 Å². The normalized spacial score (nSPS) is 18.3. The number of nitrogens with one attached hydrogen (secondary N) is 2. The van der Waals surface area contributed by atoms with Crippen molar-refractivity contribution in [3.8, 4) is 0 Å². The Morgan fingerprint density at radius 1 is 1.11 bits per heavy atom. The Kier molecular flexibility index (Phi) is 7.51. The second kappa shape index (κ2) is 11.1. The summed E-state index contributed by atoms with van der Waals surface area (Å²) < 4.78 is 12.6. The van der Waals surface area contributed by atoms with Gasteiger partial charge >= 0.3 is 5.97 Å². The second-order valence-corrected chi connectivity index (χ2v) is 9.67. The standard InChI is InChI=1S/C28H34N4O4/c1-35-28(34)25-24(31-27(33)23-13-8-16-36-23)22-17-21(30-20-11-6-3-7-12-20)18-29-26(22)32(25)15-14-19-9-4-2-5-10-19/h2,4-5,9-10,17-18,20,23,30H,3,6-8,11-16H2,1H3,(H,31,33)/t23-/m1/s1. The van der Waals surface area contributed by atoms with Crippen molar-refractivity contribution < 1.29 is 19.1 Å². The molecule has 1 saturated heterocycles. The van der Waals surface area contributed by atoms with Crippen LogP contribution in [-0.2, 0) is 27.2 Å². The average molecular weight is 491 g/mol. The van der Waals surface area contributed by atoms with E-state index >= 15 is 0 Å². The summed E-state index contributed by atoms with van der Waals surface area (Å²) in [6, 6.07) is 12.5.